The van der Waals surface area contributed by atoms with Crippen LogP contribution in [0, 0.1) is 5.82 Å². The van der Waals surface area contributed by atoms with E-state index in [4.69, 9.17) is 4.74 Å². The molecule has 2 aromatic rings. The first-order valence-electron chi connectivity index (χ1n) is 6.88. The highest BCUT2D eigenvalue weighted by molar-refractivity contribution is 6.04. The summed E-state index contributed by atoms with van der Waals surface area (Å²) < 4.78 is 18.9. The van der Waals surface area contributed by atoms with Crippen molar-refractivity contribution < 1.29 is 13.9 Å². The van der Waals surface area contributed by atoms with Crippen molar-refractivity contribution >= 4 is 23.4 Å². The molecule has 4 heteroatoms. The van der Waals surface area contributed by atoms with Gasteiger partial charge in [-0.3, -0.25) is 9.78 Å². The number of aromatic nitrogens is 1. The van der Waals surface area contributed by atoms with Crippen LogP contribution < -0.4 is 0 Å². The third-order valence-electron chi connectivity index (χ3n) is 3.52. The van der Waals surface area contributed by atoms with Crippen LogP contribution in [0.4, 0.5) is 4.39 Å². The molecule has 0 saturated carbocycles. The first-order valence-corrected chi connectivity index (χ1v) is 6.88. The number of ether oxygens (including phenoxy) is 1. The van der Waals surface area contributed by atoms with E-state index in [1.54, 1.807) is 18.5 Å². The summed E-state index contributed by atoms with van der Waals surface area (Å²) in [5, 5.41) is 0. The Labute approximate surface area is 127 Å². The second-order valence-corrected chi connectivity index (χ2v) is 5.08. The minimum absolute atomic E-state index is 0.360. The van der Waals surface area contributed by atoms with Crippen LogP contribution in [0.25, 0.3) is 17.4 Å². The number of nitrogens with zero attached hydrogens (tertiary/aromatic N) is 1. The lowest BCUT2D eigenvalue weighted by Crippen LogP contribution is -1.98. The molecule has 0 bridgehead atoms. The van der Waals surface area contributed by atoms with Gasteiger partial charge >= 0.3 is 5.97 Å². The predicted molar refractivity (Wildman–Crippen MR) is 82.9 cm³/mol. The van der Waals surface area contributed by atoms with Gasteiger partial charge in [0.05, 0.1) is 0 Å². The number of hydrogen-bond donors (Lipinski definition) is 0. The van der Waals surface area contributed by atoms with Crippen LogP contribution in [0.5, 0.6) is 0 Å². The Morgan fingerprint density at radius 3 is 2.59 bits per heavy atom. The Morgan fingerprint density at radius 1 is 1.18 bits per heavy atom. The fraction of sp³-hybridized carbons (Fsp3) is 0.111. The summed E-state index contributed by atoms with van der Waals surface area (Å²) in [6, 6.07) is 8.27. The lowest BCUT2D eigenvalue weighted by atomic mass is 10.0. The standard InChI is InChI=1S/C18H14FNO2/c1-11-16(9-13-5-7-20-8-6-13)15-4-3-14(19)10-17(15)18(11)22-12(2)21/h3-10H,1-2H3/b16-9+. The van der Waals surface area contributed by atoms with Crippen molar-refractivity contribution in [2.45, 2.75) is 13.8 Å². The van der Waals surface area contributed by atoms with Gasteiger partial charge in [-0.25, -0.2) is 4.39 Å². The highest BCUT2D eigenvalue weighted by Crippen LogP contribution is 2.42. The number of benzene rings is 1. The number of rotatable bonds is 2. The van der Waals surface area contributed by atoms with Gasteiger partial charge in [0.2, 0.25) is 0 Å². The van der Waals surface area contributed by atoms with Gasteiger partial charge in [0, 0.05) is 30.5 Å². The molecule has 1 aromatic carbocycles. The van der Waals surface area contributed by atoms with E-state index in [0.29, 0.717) is 11.3 Å². The molecule has 1 aliphatic carbocycles. The van der Waals surface area contributed by atoms with Crippen LogP contribution in [0.15, 0.2) is 48.3 Å². The van der Waals surface area contributed by atoms with E-state index >= 15 is 0 Å². The molecule has 1 aromatic heterocycles. The molecule has 0 saturated heterocycles. The monoisotopic (exact) mass is 295 g/mol. The fourth-order valence-electron chi connectivity index (χ4n) is 2.55. The molecule has 3 rings (SSSR count). The summed E-state index contributed by atoms with van der Waals surface area (Å²) in [6.45, 7) is 3.20. The zero-order valence-electron chi connectivity index (χ0n) is 12.3. The molecule has 0 atom stereocenters. The quantitative estimate of drug-likeness (QED) is 0.784. The first-order chi connectivity index (χ1) is 10.6. The lowest BCUT2D eigenvalue weighted by Gasteiger charge is -2.05. The molecule has 0 aliphatic heterocycles. The molecule has 0 amide bonds. The number of carbonyl (C=O) groups excluding carboxylic acids is 1. The number of carbonyl (C=O) groups is 1. The molecular formula is C18H14FNO2. The minimum atomic E-state index is -0.422. The van der Waals surface area contributed by atoms with Crippen molar-refractivity contribution in [3.63, 3.8) is 0 Å². The van der Waals surface area contributed by atoms with Crippen LogP contribution in [-0.2, 0) is 9.53 Å². The molecular weight excluding hydrogens is 281 g/mol. The number of esters is 1. The minimum Gasteiger partial charge on any atom is -0.426 e. The normalized spacial score (nSPS) is 15.1. The molecule has 22 heavy (non-hydrogen) atoms. The Morgan fingerprint density at radius 2 is 1.91 bits per heavy atom. The molecule has 110 valence electrons. The topological polar surface area (TPSA) is 39.2 Å². The third kappa shape index (κ3) is 2.55. The zero-order chi connectivity index (χ0) is 15.7. The number of fused-ring (bicyclic) bond motifs is 1. The molecule has 0 unspecified atom stereocenters. The highest BCUT2D eigenvalue weighted by Gasteiger charge is 2.26. The number of allylic oxidation sites excluding steroid dienone is 2. The molecule has 3 nitrogen and oxygen atoms in total. The second kappa shape index (κ2) is 5.56. The first kappa shape index (κ1) is 14.2. The maximum atomic E-state index is 13.6. The van der Waals surface area contributed by atoms with Crippen LogP contribution in [-0.4, -0.2) is 11.0 Å². The average Bonchev–Trinajstić information content (AvgIpc) is 2.73. The summed E-state index contributed by atoms with van der Waals surface area (Å²) in [7, 11) is 0. The maximum absolute atomic E-state index is 13.6. The van der Waals surface area contributed by atoms with Crippen molar-refractivity contribution in [2.24, 2.45) is 0 Å². The van der Waals surface area contributed by atoms with Gasteiger partial charge in [-0.05, 0) is 54.0 Å². The number of pyridine rings is 1. The lowest BCUT2D eigenvalue weighted by molar-refractivity contribution is -0.134. The SMILES string of the molecule is CC(=O)OC1=C(C)/C(=C\c2ccncc2)c2ccc(F)cc21. The maximum Gasteiger partial charge on any atom is 0.308 e. The largest absolute Gasteiger partial charge is 0.426 e. The Kier molecular flexibility index (Phi) is 3.59. The fourth-order valence-corrected chi connectivity index (χ4v) is 2.55. The third-order valence-corrected chi connectivity index (χ3v) is 3.52. The highest BCUT2D eigenvalue weighted by atomic mass is 19.1. The average molecular weight is 295 g/mol. The molecule has 0 fully saturated rings. The van der Waals surface area contributed by atoms with E-state index in [0.717, 1.165) is 22.3 Å². The number of hydrogen-bond acceptors (Lipinski definition) is 3. The molecule has 1 aliphatic rings. The summed E-state index contributed by atoms with van der Waals surface area (Å²) in [6.07, 6.45) is 5.39. The van der Waals surface area contributed by atoms with Gasteiger partial charge in [-0.15, -0.1) is 0 Å². The Hall–Kier alpha value is -2.75. The van der Waals surface area contributed by atoms with Crippen molar-refractivity contribution in [3.05, 3.63) is 70.8 Å². The molecule has 1 heterocycles. The van der Waals surface area contributed by atoms with Gasteiger partial charge in [0.15, 0.2) is 0 Å². The van der Waals surface area contributed by atoms with Crippen molar-refractivity contribution in [3.8, 4) is 0 Å². The van der Waals surface area contributed by atoms with Gasteiger partial charge < -0.3 is 4.74 Å². The summed E-state index contributed by atoms with van der Waals surface area (Å²) in [5.41, 5.74) is 4.16. The van der Waals surface area contributed by atoms with Gasteiger partial charge in [-0.1, -0.05) is 6.07 Å². The van der Waals surface area contributed by atoms with Crippen LogP contribution >= 0.6 is 0 Å². The molecule has 0 spiro atoms. The van der Waals surface area contributed by atoms with E-state index < -0.39 is 5.97 Å². The Bertz CT molecular complexity index is 807. The van der Waals surface area contributed by atoms with Crippen LogP contribution in [0.2, 0.25) is 0 Å². The van der Waals surface area contributed by atoms with Crippen molar-refractivity contribution in [1.82, 2.24) is 4.98 Å². The zero-order valence-corrected chi connectivity index (χ0v) is 12.3. The van der Waals surface area contributed by atoms with Crippen molar-refractivity contribution in [2.75, 3.05) is 0 Å². The molecule has 0 N–H and O–H groups in total. The van der Waals surface area contributed by atoms with Gasteiger partial charge in [0.1, 0.15) is 11.6 Å². The van der Waals surface area contributed by atoms with E-state index in [-0.39, 0.29) is 5.82 Å². The Balaban J connectivity index is 2.17. The summed E-state index contributed by atoms with van der Waals surface area (Å²) >= 11 is 0. The van der Waals surface area contributed by atoms with E-state index in [1.807, 2.05) is 25.1 Å². The summed E-state index contributed by atoms with van der Waals surface area (Å²) in [5.74, 6) is -0.363. The van der Waals surface area contributed by atoms with E-state index in [2.05, 4.69) is 4.98 Å². The second-order valence-electron chi connectivity index (χ2n) is 5.08. The molecule has 0 radical (unpaired) electrons. The van der Waals surface area contributed by atoms with Gasteiger partial charge in [0.25, 0.3) is 0 Å². The smallest absolute Gasteiger partial charge is 0.308 e. The van der Waals surface area contributed by atoms with Gasteiger partial charge in [-0.2, -0.15) is 0 Å². The number of halogens is 1. The van der Waals surface area contributed by atoms with E-state index in [9.17, 15) is 9.18 Å². The predicted octanol–water partition coefficient (Wildman–Crippen LogP) is 4.07. The van der Waals surface area contributed by atoms with Crippen LogP contribution in [0.1, 0.15) is 30.5 Å². The van der Waals surface area contributed by atoms with Crippen LogP contribution in [0.3, 0.4) is 0 Å². The van der Waals surface area contributed by atoms with E-state index in [1.165, 1.54) is 19.1 Å². The van der Waals surface area contributed by atoms with Crippen molar-refractivity contribution in [1.29, 1.82) is 0 Å². The summed E-state index contributed by atoms with van der Waals surface area (Å²) in [4.78, 5) is 15.3.